The Morgan fingerprint density at radius 1 is 1.31 bits per heavy atom. The van der Waals surface area contributed by atoms with Crippen molar-refractivity contribution >= 4 is 17.0 Å². The number of hydrogen-bond acceptors (Lipinski definition) is 4. The fraction of sp³-hybridized carbons (Fsp3) is 0.111. The molecule has 2 aromatic heterocycles. The van der Waals surface area contributed by atoms with Crippen LogP contribution in [-0.4, -0.2) is 9.97 Å². The lowest BCUT2D eigenvalue weighted by Gasteiger charge is -1.97. The molecule has 4 heteroatoms. The number of rotatable bonds is 1. The van der Waals surface area contributed by atoms with E-state index in [1.807, 2.05) is 12.3 Å². The molecular formula is C9H9N3S. The summed E-state index contributed by atoms with van der Waals surface area (Å²) >= 11 is 1.64. The molecule has 0 aliphatic rings. The summed E-state index contributed by atoms with van der Waals surface area (Å²) in [7, 11) is 0. The first-order valence-corrected chi connectivity index (χ1v) is 4.77. The molecule has 0 aliphatic heterocycles. The number of nitrogens with zero attached hydrogens (tertiary/aromatic N) is 2. The van der Waals surface area contributed by atoms with Crippen LogP contribution in [0.4, 0.5) is 5.69 Å². The Balaban J connectivity index is 2.47. The van der Waals surface area contributed by atoms with Gasteiger partial charge in [-0.1, -0.05) is 0 Å². The van der Waals surface area contributed by atoms with Gasteiger partial charge in [-0.15, -0.1) is 11.3 Å². The van der Waals surface area contributed by atoms with Gasteiger partial charge in [-0.25, -0.2) is 9.97 Å². The van der Waals surface area contributed by atoms with E-state index in [0.29, 0.717) is 5.69 Å². The molecule has 0 atom stereocenters. The molecule has 0 unspecified atom stereocenters. The number of nitrogen functional groups attached to an aromatic ring is 1. The van der Waals surface area contributed by atoms with Gasteiger partial charge in [0.05, 0.1) is 23.0 Å². The third-order valence-corrected chi connectivity index (χ3v) is 2.75. The van der Waals surface area contributed by atoms with Crippen molar-refractivity contribution in [3.63, 3.8) is 0 Å². The van der Waals surface area contributed by atoms with Gasteiger partial charge in [0.15, 0.2) is 5.82 Å². The first kappa shape index (κ1) is 8.19. The van der Waals surface area contributed by atoms with E-state index >= 15 is 0 Å². The summed E-state index contributed by atoms with van der Waals surface area (Å²) < 4.78 is 0. The molecule has 2 rings (SSSR count). The Kier molecular flexibility index (Phi) is 1.98. The van der Waals surface area contributed by atoms with E-state index in [4.69, 9.17) is 5.73 Å². The van der Waals surface area contributed by atoms with E-state index in [1.165, 1.54) is 5.56 Å². The summed E-state index contributed by atoms with van der Waals surface area (Å²) in [6, 6.07) is 2.06. The lowest BCUT2D eigenvalue weighted by atomic mass is 10.3. The summed E-state index contributed by atoms with van der Waals surface area (Å²) in [4.78, 5) is 9.42. The van der Waals surface area contributed by atoms with Crippen LogP contribution in [0.5, 0.6) is 0 Å². The number of aromatic nitrogens is 2. The van der Waals surface area contributed by atoms with E-state index < -0.39 is 0 Å². The number of aryl methyl sites for hydroxylation is 1. The molecule has 3 nitrogen and oxygen atoms in total. The zero-order chi connectivity index (χ0) is 9.26. The highest BCUT2D eigenvalue weighted by atomic mass is 32.1. The summed E-state index contributed by atoms with van der Waals surface area (Å²) in [5.41, 5.74) is 7.30. The van der Waals surface area contributed by atoms with Gasteiger partial charge >= 0.3 is 0 Å². The number of hydrogen-bond donors (Lipinski definition) is 1. The molecule has 0 amide bonds. The fourth-order valence-electron chi connectivity index (χ4n) is 1.06. The third kappa shape index (κ3) is 1.53. The lowest BCUT2D eigenvalue weighted by molar-refractivity contribution is 1.18. The van der Waals surface area contributed by atoms with Crippen LogP contribution in [0.3, 0.4) is 0 Å². The maximum absolute atomic E-state index is 5.50. The van der Waals surface area contributed by atoms with E-state index in [0.717, 1.165) is 10.7 Å². The van der Waals surface area contributed by atoms with Gasteiger partial charge in [-0.3, -0.25) is 0 Å². The van der Waals surface area contributed by atoms with Gasteiger partial charge in [-0.05, 0) is 23.9 Å². The highest BCUT2D eigenvalue weighted by Gasteiger charge is 2.04. The molecule has 66 valence electrons. The first-order valence-electron chi connectivity index (χ1n) is 3.89. The zero-order valence-corrected chi connectivity index (χ0v) is 8.01. The Hall–Kier alpha value is -1.42. The summed E-state index contributed by atoms with van der Waals surface area (Å²) in [5, 5.41) is 2.03. The molecule has 2 aromatic rings. The van der Waals surface area contributed by atoms with Gasteiger partial charge in [0, 0.05) is 0 Å². The predicted octanol–water partition coefficient (Wildman–Crippen LogP) is 2.10. The maximum Gasteiger partial charge on any atom is 0.169 e. The Morgan fingerprint density at radius 2 is 2.00 bits per heavy atom. The molecule has 0 aromatic carbocycles. The van der Waals surface area contributed by atoms with Crippen LogP contribution < -0.4 is 5.73 Å². The van der Waals surface area contributed by atoms with Crippen molar-refractivity contribution in [3.8, 4) is 10.7 Å². The van der Waals surface area contributed by atoms with Crippen LogP contribution in [0.1, 0.15) is 5.56 Å². The SMILES string of the molecule is Cc1ccsc1-c1ncc(N)cn1. The van der Waals surface area contributed by atoms with Gasteiger partial charge < -0.3 is 5.73 Å². The summed E-state index contributed by atoms with van der Waals surface area (Å²) in [6.07, 6.45) is 3.25. The molecule has 0 bridgehead atoms. The molecule has 0 fully saturated rings. The van der Waals surface area contributed by atoms with Gasteiger partial charge in [0.2, 0.25) is 0 Å². The third-order valence-electron chi connectivity index (χ3n) is 1.74. The van der Waals surface area contributed by atoms with Crippen molar-refractivity contribution < 1.29 is 0 Å². The largest absolute Gasteiger partial charge is 0.396 e. The second-order valence-electron chi connectivity index (χ2n) is 2.77. The summed E-state index contributed by atoms with van der Waals surface area (Å²) in [5.74, 6) is 0.752. The van der Waals surface area contributed by atoms with E-state index in [9.17, 15) is 0 Å². The van der Waals surface area contributed by atoms with E-state index in [-0.39, 0.29) is 0 Å². The van der Waals surface area contributed by atoms with E-state index in [1.54, 1.807) is 23.7 Å². The summed E-state index contributed by atoms with van der Waals surface area (Å²) in [6.45, 7) is 2.05. The lowest BCUT2D eigenvalue weighted by Crippen LogP contribution is -1.91. The zero-order valence-electron chi connectivity index (χ0n) is 7.19. The Morgan fingerprint density at radius 3 is 2.54 bits per heavy atom. The standard InChI is InChI=1S/C9H9N3S/c1-6-2-3-13-8(6)9-11-4-7(10)5-12-9/h2-5H,10H2,1H3. The quantitative estimate of drug-likeness (QED) is 0.751. The van der Waals surface area contributed by atoms with Crippen LogP contribution in [0, 0.1) is 6.92 Å². The van der Waals surface area contributed by atoms with Gasteiger partial charge in [0.25, 0.3) is 0 Å². The van der Waals surface area contributed by atoms with Crippen LogP contribution in [0.15, 0.2) is 23.8 Å². The topological polar surface area (TPSA) is 51.8 Å². The highest BCUT2D eigenvalue weighted by molar-refractivity contribution is 7.13. The molecule has 13 heavy (non-hydrogen) atoms. The fourth-order valence-corrected chi connectivity index (χ4v) is 1.93. The van der Waals surface area contributed by atoms with Gasteiger partial charge in [-0.2, -0.15) is 0 Å². The smallest absolute Gasteiger partial charge is 0.169 e. The Bertz CT molecular complexity index is 405. The van der Waals surface area contributed by atoms with Gasteiger partial charge in [0.1, 0.15) is 0 Å². The second-order valence-corrected chi connectivity index (χ2v) is 3.69. The molecular weight excluding hydrogens is 182 g/mol. The number of anilines is 1. The predicted molar refractivity (Wildman–Crippen MR) is 54.5 cm³/mol. The molecule has 0 saturated carbocycles. The molecule has 2 N–H and O–H groups in total. The number of nitrogens with two attached hydrogens (primary N) is 1. The minimum atomic E-state index is 0.595. The monoisotopic (exact) mass is 191 g/mol. The van der Waals surface area contributed by atoms with Crippen molar-refractivity contribution in [1.82, 2.24) is 9.97 Å². The van der Waals surface area contributed by atoms with E-state index in [2.05, 4.69) is 16.0 Å². The Labute approximate surface area is 80.3 Å². The van der Waals surface area contributed by atoms with Crippen molar-refractivity contribution in [2.75, 3.05) is 5.73 Å². The molecule has 0 saturated heterocycles. The molecule has 2 heterocycles. The minimum absolute atomic E-state index is 0.595. The maximum atomic E-state index is 5.50. The minimum Gasteiger partial charge on any atom is -0.396 e. The van der Waals surface area contributed by atoms with Crippen LogP contribution in [0.2, 0.25) is 0 Å². The van der Waals surface area contributed by atoms with Crippen molar-refractivity contribution in [2.24, 2.45) is 0 Å². The van der Waals surface area contributed by atoms with Crippen molar-refractivity contribution in [3.05, 3.63) is 29.4 Å². The average Bonchev–Trinajstić information content (AvgIpc) is 2.53. The molecule has 0 spiro atoms. The van der Waals surface area contributed by atoms with Crippen LogP contribution in [-0.2, 0) is 0 Å². The average molecular weight is 191 g/mol. The van der Waals surface area contributed by atoms with Crippen LogP contribution >= 0.6 is 11.3 Å². The molecule has 0 radical (unpaired) electrons. The van der Waals surface area contributed by atoms with Crippen molar-refractivity contribution in [2.45, 2.75) is 6.92 Å². The highest BCUT2D eigenvalue weighted by Crippen LogP contribution is 2.25. The van der Waals surface area contributed by atoms with Crippen LogP contribution in [0.25, 0.3) is 10.7 Å². The second kappa shape index (κ2) is 3.14. The van der Waals surface area contributed by atoms with Crippen molar-refractivity contribution in [1.29, 1.82) is 0 Å². The number of thiophene rings is 1. The normalized spacial score (nSPS) is 10.2. The molecule has 0 aliphatic carbocycles. The first-order chi connectivity index (χ1) is 6.27.